The maximum atomic E-state index is 12.5. The van der Waals surface area contributed by atoms with Gasteiger partial charge in [-0.15, -0.1) is 11.3 Å². The highest BCUT2D eigenvalue weighted by Crippen LogP contribution is 2.21. The molecule has 2 aromatic rings. The fourth-order valence-electron chi connectivity index (χ4n) is 3.07. The molecule has 4 nitrogen and oxygen atoms in total. The molecule has 1 amide bonds. The lowest BCUT2D eigenvalue weighted by molar-refractivity contribution is -0.132. The Kier molecular flexibility index (Phi) is 4.83. The van der Waals surface area contributed by atoms with Gasteiger partial charge in [-0.2, -0.15) is 0 Å². The summed E-state index contributed by atoms with van der Waals surface area (Å²) in [4.78, 5) is 23.0. The molecule has 1 atom stereocenters. The fraction of sp³-hybridized carbons (Fsp3) is 0.471. The molecule has 3 heterocycles. The van der Waals surface area contributed by atoms with Gasteiger partial charge in [0.1, 0.15) is 0 Å². The maximum Gasteiger partial charge on any atom is 0.228 e. The van der Waals surface area contributed by atoms with Gasteiger partial charge in [-0.25, -0.2) is 4.98 Å². The lowest BCUT2D eigenvalue weighted by atomic mass is 9.91. The van der Waals surface area contributed by atoms with E-state index in [1.165, 1.54) is 12.0 Å². The van der Waals surface area contributed by atoms with Gasteiger partial charge in [0.2, 0.25) is 5.91 Å². The molecule has 1 aliphatic heterocycles. The van der Waals surface area contributed by atoms with Crippen LogP contribution < -0.4 is 0 Å². The van der Waals surface area contributed by atoms with Gasteiger partial charge in [-0.05, 0) is 43.7 Å². The van der Waals surface area contributed by atoms with Crippen LogP contribution in [0, 0.1) is 12.8 Å². The highest BCUT2D eigenvalue weighted by atomic mass is 32.1. The van der Waals surface area contributed by atoms with E-state index in [0.717, 1.165) is 36.6 Å². The van der Waals surface area contributed by atoms with E-state index < -0.39 is 0 Å². The third kappa shape index (κ3) is 3.91. The van der Waals surface area contributed by atoms with Crippen molar-refractivity contribution in [1.29, 1.82) is 0 Å². The summed E-state index contributed by atoms with van der Waals surface area (Å²) in [6, 6.07) is 4.09. The number of likely N-dealkylation sites (tertiary alicyclic amines) is 1. The molecule has 0 aliphatic carbocycles. The van der Waals surface area contributed by atoms with E-state index in [0.29, 0.717) is 12.3 Å². The van der Waals surface area contributed by atoms with Crippen LogP contribution in [-0.2, 0) is 17.6 Å². The summed E-state index contributed by atoms with van der Waals surface area (Å²) < 4.78 is 0. The number of nitrogens with zero attached hydrogens (tertiary/aromatic N) is 3. The lowest BCUT2D eigenvalue weighted by Crippen LogP contribution is -2.41. The number of hydrogen-bond acceptors (Lipinski definition) is 4. The summed E-state index contributed by atoms with van der Waals surface area (Å²) in [5.41, 5.74) is 2.17. The molecular formula is C17H21N3OS. The number of thiazole rings is 1. The Balaban J connectivity index is 1.57. The van der Waals surface area contributed by atoms with Gasteiger partial charge in [0.05, 0.1) is 17.1 Å². The first-order valence-electron chi connectivity index (χ1n) is 7.78. The SMILES string of the molecule is Cc1nc(CC(=O)N2CCCC(Cc3cccnc3)C2)cs1. The van der Waals surface area contributed by atoms with Crippen molar-refractivity contribution >= 4 is 17.2 Å². The van der Waals surface area contributed by atoms with Crippen molar-refractivity contribution in [3.8, 4) is 0 Å². The molecule has 1 fully saturated rings. The zero-order valence-corrected chi connectivity index (χ0v) is 13.7. The first-order chi connectivity index (χ1) is 10.7. The molecule has 0 saturated carbocycles. The van der Waals surface area contributed by atoms with Crippen LogP contribution in [0.5, 0.6) is 0 Å². The first-order valence-corrected chi connectivity index (χ1v) is 8.66. The molecule has 1 aliphatic rings. The Bertz CT molecular complexity index is 626. The topological polar surface area (TPSA) is 46.1 Å². The maximum absolute atomic E-state index is 12.5. The van der Waals surface area contributed by atoms with Crippen LogP contribution in [0.2, 0.25) is 0 Å². The molecule has 0 spiro atoms. The van der Waals surface area contributed by atoms with Crippen molar-refractivity contribution in [2.75, 3.05) is 13.1 Å². The van der Waals surface area contributed by atoms with Crippen molar-refractivity contribution in [3.05, 3.63) is 46.2 Å². The number of aromatic nitrogens is 2. The van der Waals surface area contributed by atoms with E-state index in [4.69, 9.17) is 0 Å². The number of hydrogen-bond donors (Lipinski definition) is 0. The zero-order chi connectivity index (χ0) is 15.4. The number of carbonyl (C=O) groups excluding carboxylic acids is 1. The van der Waals surface area contributed by atoms with Gasteiger partial charge >= 0.3 is 0 Å². The predicted molar refractivity (Wildman–Crippen MR) is 87.8 cm³/mol. The second-order valence-electron chi connectivity index (χ2n) is 5.95. The average Bonchev–Trinajstić information content (AvgIpc) is 2.93. The molecule has 5 heteroatoms. The summed E-state index contributed by atoms with van der Waals surface area (Å²) in [5, 5.41) is 3.01. The molecule has 0 aromatic carbocycles. The largest absolute Gasteiger partial charge is 0.342 e. The lowest BCUT2D eigenvalue weighted by Gasteiger charge is -2.32. The molecular weight excluding hydrogens is 294 g/mol. The highest BCUT2D eigenvalue weighted by Gasteiger charge is 2.24. The smallest absolute Gasteiger partial charge is 0.228 e. The van der Waals surface area contributed by atoms with E-state index in [1.54, 1.807) is 17.5 Å². The fourth-order valence-corrected chi connectivity index (χ4v) is 3.68. The first kappa shape index (κ1) is 15.2. The van der Waals surface area contributed by atoms with Gasteiger partial charge < -0.3 is 4.90 Å². The summed E-state index contributed by atoms with van der Waals surface area (Å²) in [7, 11) is 0. The van der Waals surface area contributed by atoms with Crippen molar-refractivity contribution in [1.82, 2.24) is 14.9 Å². The van der Waals surface area contributed by atoms with Gasteiger partial charge in [-0.1, -0.05) is 6.07 Å². The van der Waals surface area contributed by atoms with Gasteiger partial charge in [0.15, 0.2) is 0 Å². The standard InChI is InChI=1S/C17H21N3OS/c1-13-19-16(12-22-13)9-17(21)20-7-3-5-15(11-20)8-14-4-2-6-18-10-14/h2,4,6,10,12,15H,3,5,7-9,11H2,1H3. The van der Waals surface area contributed by atoms with Crippen LogP contribution in [0.3, 0.4) is 0 Å². The summed E-state index contributed by atoms with van der Waals surface area (Å²) >= 11 is 1.61. The van der Waals surface area contributed by atoms with Crippen LogP contribution in [0.4, 0.5) is 0 Å². The van der Waals surface area contributed by atoms with E-state index in [9.17, 15) is 4.79 Å². The molecule has 0 N–H and O–H groups in total. The Morgan fingerprint density at radius 1 is 1.50 bits per heavy atom. The Hall–Kier alpha value is -1.75. The molecule has 22 heavy (non-hydrogen) atoms. The van der Waals surface area contributed by atoms with Crippen LogP contribution in [0.1, 0.15) is 29.1 Å². The molecule has 1 saturated heterocycles. The number of rotatable bonds is 4. The molecule has 3 rings (SSSR count). The van der Waals surface area contributed by atoms with E-state index in [-0.39, 0.29) is 5.91 Å². The molecule has 0 radical (unpaired) electrons. The molecule has 0 bridgehead atoms. The number of aryl methyl sites for hydroxylation is 1. The Morgan fingerprint density at radius 3 is 3.14 bits per heavy atom. The third-order valence-corrected chi connectivity index (χ3v) is 4.94. The minimum Gasteiger partial charge on any atom is -0.342 e. The summed E-state index contributed by atoms with van der Waals surface area (Å²) in [6.45, 7) is 3.71. The van der Waals surface area contributed by atoms with Crippen molar-refractivity contribution < 1.29 is 4.79 Å². The number of pyridine rings is 1. The van der Waals surface area contributed by atoms with E-state index in [1.807, 2.05) is 29.5 Å². The molecule has 116 valence electrons. The second kappa shape index (κ2) is 7.01. The monoisotopic (exact) mass is 315 g/mol. The van der Waals surface area contributed by atoms with Crippen LogP contribution in [-0.4, -0.2) is 33.9 Å². The zero-order valence-electron chi connectivity index (χ0n) is 12.9. The van der Waals surface area contributed by atoms with Gasteiger partial charge in [0, 0.05) is 30.9 Å². The van der Waals surface area contributed by atoms with Crippen LogP contribution in [0.25, 0.3) is 0 Å². The van der Waals surface area contributed by atoms with Gasteiger partial charge in [-0.3, -0.25) is 9.78 Å². The van der Waals surface area contributed by atoms with Crippen molar-refractivity contribution in [3.63, 3.8) is 0 Å². The highest BCUT2D eigenvalue weighted by molar-refractivity contribution is 7.09. The Labute approximate surface area is 135 Å². The van der Waals surface area contributed by atoms with E-state index >= 15 is 0 Å². The summed E-state index contributed by atoms with van der Waals surface area (Å²) in [5.74, 6) is 0.750. The molecule has 1 unspecified atom stereocenters. The minimum absolute atomic E-state index is 0.209. The second-order valence-corrected chi connectivity index (χ2v) is 7.01. The quantitative estimate of drug-likeness (QED) is 0.871. The Morgan fingerprint density at radius 2 is 2.41 bits per heavy atom. The predicted octanol–water partition coefficient (Wildman–Crippen LogP) is 2.87. The van der Waals surface area contributed by atoms with E-state index in [2.05, 4.69) is 16.0 Å². The van der Waals surface area contributed by atoms with Crippen molar-refractivity contribution in [2.24, 2.45) is 5.92 Å². The minimum atomic E-state index is 0.209. The average molecular weight is 315 g/mol. The number of carbonyl (C=O) groups is 1. The van der Waals surface area contributed by atoms with Crippen LogP contribution in [0.15, 0.2) is 29.9 Å². The van der Waals surface area contributed by atoms with Crippen molar-refractivity contribution in [2.45, 2.75) is 32.6 Å². The normalized spacial score (nSPS) is 18.4. The molecule has 2 aromatic heterocycles. The van der Waals surface area contributed by atoms with Gasteiger partial charge in [0.25, 0.3) is 0 Å². The number of amides is 1. The van der Waals surface area contributed by atoms with Crippen LogP contribution >= 0.6 is 11.3 Å². The third-order valence-electron chi connectivity index (χ3n) is 4.12. The summed E-state index contributed by atoms with van der Waals surface area (Å²) in [6.07, 6.45) is 7.45. The number of piperidine rings is 1.